The fourth-order valence-electron chi connectivity index (χ4n) is 0.915. The second-order valence-corrected chi connectivity index (χ2v) is 2.87. The summed E-state index contributed by atoms with van der Waals surface area (Å²) < 4.78 is 5.20. The second kappa shape index (κ2) is 5.34. The van der Waals surface area contributed by atoms with Crippen molar-refractivity contribution in [1.29, 1.82) is 0 Å². The van der Waals surface area contributed by atoms with Crippen molar-refractivity contribution >= 4 is 5.78 Å². The van der Waals surface area contributed by atoms with Crippen molar-refractivity contribution in [2.24, 2.45) is 0 Å². The monoisotopic (exact) mass is 195 g/mol. The Hall–Kier alpha value is -1.42. The minimum absolute atomic E-state index is 0.0144. The summed E-state index contributed by atoms with van der Waals surface area (Å²) in [6.45, 7) is 2.03. The Morgan fingerprint density at radius 2 is 2.36 bits per heavy atom. The van der Waals surface area contributed by atoms with E-state index in [9.17, 15) is 4.79 Å². The zero-order valence-electron chi connectivity index (χ0n) is 8.06. The first-order valence-electron chi connectivity index (χ1n) is 4.44. The van der Waals surface area contributed by atoms with Gasteiger partial charge in [0.15, 0.2) is 5.78 Å². The number of aliphatic hydroxyl groups excluding tert-OH is 1. The van der Waals surface area contributed by atoms with Gasteiger partial charge in [-0.2, -0.15) is 0 Å². The highest BCUT2D eigenvalue weighted by molar-refractivity contribution is 5.93. The number of rotatable bonds is 5. The van der Waals surface area contributed by atoms with Crippen LogP contribution in [0.25, 0.3) is 0 Å². The first kappa shape index (κ1) is 10.7. The van der Waals surface area contributed by atoms with Crippen LogP contribution in [0.5, 0.6) is 5.88 Å². The van der Waals surface area contributed by atoms with Gasteiger partial charge in [0.05, 0.1) is 6.61 Å². The molecule has 1 N–H and O–H groups in total. The first-order chi connectivity index (χ1) is 6.74. The SMILES string of the molecule is CC(=O)c1ccc(OCCCO)nc1. The maximum absolute atomic E-state index is 10.9. The third-order valence-electron chi connectivity index (χ3n) is 1.70. The van der Waals surface area contributed by atoms with Crippen LogP contribution < -0.4 is 4.74 Å². The summed E-state index contributed by atoms with van der Waals surface area (Å²) >= 11 is 0. The van der Waals surface area contributed by atoms with E-state index in [4.69, 9.17) is 9.84 Å². The molecule has 0 bridgehead atoms. The molecule has 0 aliphatic heterocycles. The lowest BCUT2D eigenvalue weighted by Crippen LogP contribution is -2.02. The number of nitrogens with zero attached hydrogens (tertiary/aromatic N) is 1. The maximum atomic E-state index is 10.9. The number of ketones is 1. The number of carbonyl (C=O) groups excluding carboxylic acids is 1. The Bertz CT molecular complexity index is 295. The molecule has 0 atom stereocenters. The number of hydrogen-bond donors (Lipinski definition) is 1. The number of pyridine rings is 1. The van der Waals surface area contributed by atoms with Gasteiger partial charge in [0.2, 0.25) is 5.88 Å². The fraction of sp³-hybridized carbons (Fsp3) is 0.400. The molecule has 0 aliphatic rings. The van der Waals surface area contributed by atoms with Gasteiger partial charge in [-0.3, -0.25) is 4.79 Å². The lowest BCUT2D eigenvalue weighted by atomic mass is 10.2. The molecule has 1 rings (SSSR count). The van der Waals surface area contributed by atoms with Crippen LogP contribution in [-0.4, -0.2) is 29.1 Å². The summed E-state index contributed by atoms with van der Waals surface area (Å²) in [7, 11) is 0. The largest absolute Gasteiger partial charge is 0.478 e. The van der Waals surface area contributed by atoms with E-state index in [1.807, 2.05) is 0 Å². The van der Waals surface area contributed by atoms with Crippen LogP contribution >= 0.6 is 0 Å². The molecule has 0 spiro atoms. The van der Waals surface area contributed by atoms with Crippen LogP contribution in [0.2, 0.25) is 0 Å². The normalized spacial score (nSPS) is 9.86. The molecule has 0 saturated carbocycles. The van der Waals surface area contributed by atoms with E-state index in [-0.39, 0.29) is 12.4 Å². The molecule has 0 fully saturated rings. The lowest BCUT2D eigenvalue weighted by Gasteiger charge is -2.03. The third kappa shape index (κ3) is 3.14. The minimum Gasteiger partial charge on any atom is -0.478 e. The topological polar surface area (TPSA) is 59.4 Å². The number of ether oxygens (including phenoxy) is 1. The summed E-state index contributed by atoms with van der Waals surface area (Å²) in [6.07, 6.45) is 2.06. The lowest BCUT2D eigenvalue weighted by molar-refractivity contribution is 0.101. The average molecular weight is 195 g/mol. The summed E-state index contributed by atoms with van der Waals surface area (Å²) in [6, 6.07) is 3.32. The molecule has 1 aromatic heterocycles. The molecular formula is C10H13NO3. The van der Waals surface area contributed by atoms with Crippen molar-refractivity contribution in [2.45, 2.75) is 13.3 Å². The quantitative estimate of drug-likeness (QED) is 0.563. The van der Waals surface area contributed by atoms with Gasteiger partial charge in [-0.1, -0.05) is 0 Å². The van der Waals surface area contributed by atoms with Gasteiger partial charge in [0, 0.05) is 30.9 Å². The molecule has 0 saturated heterocycles. The number of aromatic nitrogens is 1. The molecule has 0 unspecified atom stereocenters. The molecule has 0 aliphatic carbocycles. The van der Waals surface area contributed by atoms with Gasteiger partial charge in [0.1, 0.15) is 0 Å². The van der Waals surface area contributed by atoms with E-state index >= 15 is 0 Å². The van der Waals surface area contributed by atoms with Crippen molar-refractivity contribution in [1.82, 2.24) is 4.98 Å². The van der Waals surface area contributed by atoms with E-state index in [1.165, 1.54) is 13.1 Å². The van der Waals surface area contributed by atoms with Crippen molar-refractivity contribution in [3.8, 4) is 5.88 Å². The molecule has 4 nitrogen and oxygen atoms in total. The van der Waals surface area contributed by atoms with Crippen LogP contribution in [0.1, 0.15) is 23.7 Å². The van der Waals surface area contributed by atoms with Gasteiger partial charge in [-0.25, -0.2) is 4.98 Å². The summed E-state index contributed by atoms with van der Waals surface area (Å²) in [5.74, 6) is 0.461. The Labute approximate surface area is 82.5 Å². The maximum Gasteiger partial charge on any atom is 0.213 e. The molecule has 76 valence electrons. The number of Topliss-reactive ketones (excluding diaryl/α,β-unsaturated/α-hetero) is 1. The standard InChI is InChI=1S/C10H13NO3/c1-8(13)9-3-4-10(11-7-9)14-6-2-5-12/h3-4,7,12H,2,5-6H2,1H3. The van der Waals surface area contributed by atoms with Crippen molar-refractivity contribution in [2.75, 3.05) is 13.2 Å². The van der Waals surface area contributed by atoms with Crippen LogP contribution in [0, 0.1) is 0 Å². The molecule has 14 heavy (non-hydrogen) atoms. The molecule has 0 radical (unpaired) electrons. The Balaban J connectivity index is 2.51. The van der Waals surface area contributed by atoms with Crippen molar-refractivity contribution in [3.05, 3.63) is 23.9 Å². The van der Waals surface area contributed by atoms with E-state index in [1.54, 1.807) is 12.1 Å². The molecule has 1 aromatic rings. The smallest absolute Gasteiger partial charge is 0.213 e. The van der Waals surface area contributed by atoms with Crippen molar-refractivity contribution in [3.63, 3.8) is 0 Å². The number of hydrogen-bond acceptors (Lipinski definition) is 4. The van der Waals surface area contributed by atoms with Gasteiger partial charge in [-0.05, 0) is 13.0 Å². The summed E-state index contributed by atoms with van der Waals surface area (Å²) in [5, 5.41) is 8.52. The third-order valence-corrected chi connectivity index (χ3v) is 1.70. The zero-order chi connectivity index (χ0) is 10.4. The van der Waals surface area contributed by atoms with Gasteiger partial charge < -0.3 is 9.84 Å². The van der Waals surface area contributed by atoms with Crippen LogP contribution in [0.4, 0.5) is 0 Å². The summed E-state index contributed by atoms with van der Waals surface area (Å²) in [4.78, 5) is 14.9. The van der Waals surface area contributed by atoms with E-state index in [2.05, 4.69) is 4.98 Å². The predicted octanol–water partition coefficient (Wildman–Crippen LogP) is 1.05. The van der Waals surface area contributed by atoms with Crippen LogP contribution in [0.3, 0.4) is 0 Å². The van der Waals surface area contributed by atoms with Crippen LogP contribution in [-0.2, 0) is 0 Å². The summed E-state index contributed by atoms with van der Waals surface area (Å²) in [5.41, 5.74) is 0.569. The predicted molar refractivity (Wildman–Crippen MR) is 51.4 cm³/mol. The first-order valence-corrected chi connectivity index (χ1v) is 4.44. The molecule has 0 amide bonds. The molecule has 1 heterocycles. The second-order valence-electron chi connectivity index (χ2n) is 2.87. The number of carbonyl (C=O) groups is 1. The Morgan fingerprint density at radius 1 is 1.57 bits per heavy atom. The van der Waals surface area contributed by atoms with E-state index < -0.39 is 0 Å². The van der Waals surface area contributed by atoms with Crippen LogP contribution in [0.15, 0.2) is 18.3 Å². The van der Waals surface area contributed by atoms with Crippen molar-refractivity contribution < 1.29 is 14.6 Å². The Morgan fingerprint density at radius 3 is 2.86 bits per heavy atom. The zero-order valence-corrected chi connectivity index (χ0v) is 8.06. The highest BCUT2D eigenvalue weighted by Gasteiger charge is 2.00. The Kier molecular flexibility index (Phi) is 4.07. The minimum atomic E-state index is -0.0144. The average Bonchev–Trinajstić information content (AvgIpc) is 2.19. The highest BCUT2D eigenvalue weighted by atomic mass is 16.5. The van der Waals surface area contributed by atoms with Gasteiger partial charge in [-0.15, -0.1) is 0 Å². The van der Waals surface area contributed by atoms with E-state index in [0.29, 0.717) is 24.5 Å². The molecule has 0 aromatic carbocycles. The molecule has 4 heteroatoms. The van der Waals surface area contributed by atoms with E-state index in [0.717, 1.165) is 0 Å². The van der Waals surface area contributed by atoms with Gasteiger partial charge >= 0.3 is 0 Å². The molecular weight excluding hydrogens is 182 g/mol. The fourth-order valence-corrected chi connectivity index (χ4v) is 0.915. The van der Waals surface area contributed by atoms with Gasteiger partial charge in [0.25, 0.3) is 0 Å². The number of aliphatic hydroxyl groups is 1. The highest BCUT2D eigenvalue weighted by Crippen LogP contribution is 2.07.